The van der Waals surface area contributed by atoms with E-state index in [0.717, 1.165) is 11.1 Å². The minimum absolute atomic E-state index is 0.00344. The molecule has 0 heterocycles. The molecule has 30 heavy (non-hydrogen) atoms. The second-order valence-electron chi connectivity index (χ2n) is 6.84. The molecule has 0 saturated carbocycles. The molecule has 0 aliphatic carbocycles. The van der Waals surface area contributed by atoms with Gasteiger partial charge < -0.3 is 20.5 Å². The van der Waals surface area contributed by atoms with Gasteiger partial charge in [0, 0.05) is 19.6 Å². The molecule has 0 spiro atoms. The van der Waals surface area contributed by atoms with Crippen molar-refractivity contribution in [3.05, 3.63) is 71.8 Å². The van der Waals surface area contributed by atoms with Crippen molar-refractivity contribution in [1.82, 2.24) is 10.6 Å². The topological polar surface area (TPSA) is 105 Å². The molecular weight excluding hydrogens is 384 g/mol. The predicted molar refractivity (Wildman–Crippen MR) is 112 cm³/mol. The summed E-state index contributed by atoms with van der Waals surface area (Å²) in [6, 6.07) is 17.6. The monoisotopic (exact) mass is 412 g/mol. The molecule has 0 aliphatic heterocycles. The van der Waals surface area contributed by atoms with E-state index in [1.165, 1.54) is 0 Å². The first-order chi connectivity index (χ1) is 14.6. The summed E-state index contributed by atoms with van der Waals surface area (Å²) in [5.41, 5.74) is 1.71. The fraction of sp³-hybridized carbons (Fsp3) is 0.348. The highest BCUT2D eigenvalue weighted by Gasteiger charge is 2.22. The Kier molecular flexibility index (Phi) is 10.1. The van der Waals surface area contributed by atoms with Crippen LogP contribution in [-0.2, 0) is 32.1 Å². The van der Waals surface area contributed by atoms with Gasteiger partial charge in [-0.1, -0.05) is 60.7 Å². The Bertz CT molecular complexity index is 796. The average molecular weight is 412 g/mol. The second kappa shape index (κ2) is 13.1. The van der Waals surface area contributed by atoms with Crippen molar-refractivity contribution >= 4 is 17.8 Å². The minimum atomic E-state index is -0.857. The maximum Gasteiger partial charge on any atom is 0.306 e. The molecule has 1 unspecified atom stereocenters. The van der Waals surface area contributed by atoms with Gasteiger partial charge in [0.1, 0.15) is 12.6 Å². The zero-order valence-corrected chi connectivity index (χ0v) is 16.9. The molecule has 2 rings (SSSR count). The molecule has 2 aromatic carbocycles. The van der Waals surface area contributed by atoms with Gasteiger partial charge in [0.15, 0.2) is 0 Å². The summed E-state index contributed by atoms with van der Waals surface area (Å²) in [4.78, 5) is 36.9. The normalized spacial score (nSPS) is 11.4. The number of aliphatic hydroxyl groups excluding tert-OH is 1. The van der Waals surface area contributed by atoms with E-state index in [9.17, 15) is 14.4 Å². The number of nitrogens with one attached hydrogen (secondary N) is 2. The first-order valence-corrected chi connectivity index (χ1v) is 10.00. The lowest BCUT2D eigenvalue weighted by Gasteiger charge is -2.18. The van der Waals surface area contributed by atoms with Crippen LogP contribution in [0.15, 0.2) is 60.7 Å². The van der Waals surface area contributed by atoms with Crippen LogP contribution in [-0.4, -0.2) is 42.1 Å². The first kappa shape index (κ1) is 23.1. The summed E-state index contributed by atoms with van der Waals surface area (Å²) in [5.74, 6) is -1.13. The van der Waals surface area contributed by atoms with Crippen LogP contribution in [0.4, 0.5) is 0 Å². The van der Waals surface area contributed by atoms with Crippen LogP contribution < -0.4 is 10.6 Å². The van der Waals surface area contributed by atoms with E-state index >= 15 is 0 Å². The number of benzene rings is 2. The Balaban J connectivity index is 1.87. The van der Waals surface area contributed by atoms with Gasteiger partial charge in [-0.25, -0.2) is 0 Å². The molecule has 2 amide bonds. The number of esters is 1. The van der Waals surface area contributed by atoms with E-state index in [4.69, 9.17) is 9.84 Å². The van der Waals surface area contributed by atoms with E-state index in [2.05, 4.69) is 10.6 Å². The van der Waals surface area contributed by atoms with Crippen molar-refractivity contribution in [2.24, 2.45) is 0 Å². The summed E-state index contributed by atoms with van der Waals surface area (Å²) >= 11 is 0. The van der Waals surface area contributed by atoms with Crippen LogP contribution >= 0.6 is 0 Å². The van der Waals surface area contributed by atoms with Gasteiger partial charge in [-0.2, -0.15) is 0 Å². The van der Waals surface area contributed by atoms with Gasteiger partial charge in [0.05, 0.1) is 6.42 Å². The van der Waals surface area contributed by atoms with E-state index in [-0.39, 0.29) is 44.3 Å². The third kappa shape index (κ3) is 8.87. The molecule has 7 heteroatoms. The van der Waals surface area contributed by atoms with Crippen molar-refractivity contribution in [3.63, 3.8) is 0 Å². The number of carbonyl (C=O) groups excluding carboxylic acids is 3. The number of carbonyl (C=O) groups is 3. The highest BCUT2D eigenvalue weighted by atomic mass is 16.5. The van der Waals surface area contributed by atoms with Crippen LogP contribution in [0.5, 0.6) is 0 Å². The zero-order chi connectivity index (χ0) is 21.6. The summed E-state index contributed by atoms with van der Waals surface area (Å²) in [5, 5.41) is 14.2. The number of ether oxygens (including phenoxy) is 1. The third-order valence-corrected chi connectivity index (χ3v) is 4.37. The quantitative estimate of drug-likeness (QED) is 0.364. The number of amides is 2. The Morgan fingerprint density at radius 2 is 1.57 bits per heavy atom. The smallest absolute Gasteiger partial charge is 0.306 e. The van der Waals surface area contributed by atoms with Crippen molar-refractivity contribution in [1.29, 1.82) is 0 Å². The van der Waals surface area contributed by atoms with Gasteiger partial charge in [-0.3, -0.25) is 14.4 Å². The van der Waals surface area contributed by atoms with Gasteiger partial charge in [0.25, 0.3) is 0 Å². The molecule has 0 bridgehead atoms. The van der Waals surface area contributed by atoms with E-state index in [1.807, 2.05) is 60.7 Å². The van der Waals surface area contributed by atoms with Crippen LogP contribution in [0.1, 0.15) is 30.4 Å². The van der Waals surface area contributed by atoms with Gasteiger partial charge in [0.2, 0.25) is 11.8 Å². The van der Waals surface area contributed by atoms with E-state index in [0.29, 0.717) is 13.0 Å². The molecular formula is C23H28N2O5. The molecule has 0 radical (unpaired) electrons. The number of hydrogen-bond acceptors (Lipinski definition) is 5. The molecule has 2 aromatic rings. The number of rotatable bonds is 12. The summed E-state index contributed by atoms with van der Waals surface area (Å²) in [6.45, 7) is 0.406. The molecule has 1 atom stereocenters. The van der Waals surface area contributed by atoms with Crippen LogP contribution in [0.3, 0.4) is 0 Å². The largest absolute Gasteiger partial charge is 0.461 e. The lowest BCUT2D eigenvalue weighted by Crippen LogP contribution is -2.47. The summed E-state index contributed by atoms with van der Waals surface area (Å²) < 4.78 is 5.24. The predicted octanol–water partition coefficient (Wildman–Crippen LogP) is 1.74. The van der Waals surface area contributed by atoms with Crippen LogP contribution in [0.25, 0.3) is 0 Å². The molecule has 0 saturated heterocycles. The Hall–Kier alpha value is -3.19. The van der Waals surface area contributed by atoms with Gasteiger partial charge in [-0.05, 0) is 24.0 Å². The highest BCUT2D eigenvalue weighted by molar-refractivity contribution is 5.88. The lowest BCUT2D eigenvalue weighted by molar-refractivity contribution is -0.145. The first-order valence-electron chi connectivity index (χ1n) is 10.00. The Morgan fingerprint density at radius 1 is 0.933 bits per heavy atom. The van der Waals surface area contributed by atoms with Crippen molar-refractivity contribution in [2.75, 3.05) is 13.2 Å². The highest BCUT2D eigenvalue weighted by Crippen LogP contribution is 2.06. The fourth-order valence-corrected chi connectivity index (χ4v) is 2.78. The van der Waals surface area contributed by atoms with E-state index in [1.54, 1.807) is 0 Å². The average Bonchev–Trinajstić information content (AvgIpc) is 2.76. The lowest BCUT2D eigenvalue weighted by atomic mass is 10.1. The summed E-state index contributed by atoms with van der Waals surface area (Å²) in [6.07, 6.45) is 0.672. The van der Waals surface area contributed by atoms with Crippen molar-refractivity contribution in [2.45, 2.75) is 38.3 Å². The molecule has 0 aliphatic rings. The molecule has 7 nitrogen and oxygen atoms in total. The second-order valence-corrected chi connectivity index (χ2v) is 6.84. The Morgan fingerprint density at radius 3 is 2.20 bits per heavy atom. The summed E-state index contributed by atoms with van der Waals surface area (Å²) in [7, 11) is 0. The maximum absolute atomic E-state index is 12.4. The van der Waals surface area contributed by atoms with Gasteiger partial charge in [-0.15, -0.1) is 0 Å². The van der Waals surface area contributed by atoms with Crippen molar-refractivity contribution < 1.29 is 24.2 Å². The zero-order valence-electron chi connectivity index (χ0n) is 16.9. The standard InChI is InChI=1S/C23H28N2O5/c26-15-7-14-24-23(29)20(25-21(27)16-18-8-3-1-4-9-18)12-13-22(28)30-17-19-10-5-2-6-11-19/h1-6,8-11,20,26H,7,12-17H2,(H,24,29)(H,25,27). The maximum atomic E-state index is 12.4. The number of aliphatic hydroxyl groups is 1. The SMILES string of the molecule is O=C(Cc1ccccc1)NC(CCC(=O)OCc1ccccc1)C(=O)NCCCO. The van der Waals surface area contributed by atoms with E-state index < -0.39 is 12.0 Å². The number of hydrogen-bond donors (Lipinski definition) is 3. The van der Waals surface area contributed by atoms with Crippen LogP contribution in [0, 0.1) is 0 Å². The minimum Gasteiger partial charge on any atom is -0.461 e. The molecule has 160 valence electrons. The third-order valence-electron chi connectivity index (χ3n) is 4.37. The molecule has 3 N–H and O–H groups in total. The van der Waals surface area contributed by atoms with Crippen molar-refractivity contribution in [3.8, 4) is 0 Å². The van der Waals surface area contributed by atoms with Crippen LogP contribution in [0.2, 0.25) is 0 Å². The molecule has 0 fully saturated rings. The molecule has 0 aromatic heterocycles. The fourth-order valence-electron chi connectivity index (χ4n) is 2.78. The Labute approximate surface area is 176 Å². The van der Waals surface area contributed by atoms with Gasteiger partial charge >= 0.3 is 5.97 Å².